The van der Waals surface area contributed by atoms with Gasteiger partial charge in [-0.3, -0.25) is 0 Å². The third kappa shape index (κ3) is 5.01. The molecule has 0 aliphatic carbocycles. The number of fused-ring (bicyclic) bond motifs is 3. The van der Waals surface area contributed by atoms with Crippen LogP contribution < -0.4 is 0 Å². The molecular formula is C45H35N. The monoisotopic (exact) mass is 589 g/mol. The van der Waals surface area contributed by atoms with Crippen molar-refractivity contribution in [3.8, 4) is 50.2 Å². The van der Waals surface area contributed by atoms with Gasteiger partial charge in [0.1, 0.15) is 0 Å². The maximum Gasteiger partial charge on any atom is 0.0547 e. The summed E-state index contributed by atoms with van der Waals surface area (Å²) in [6.07, 6.45) is 0. The Hall–Kier alpha value is -5.66. The van der Waals surface area contributed by atoms with E-state index in [1.807, 2.05) is 0 Å². The van der Waals surface area contributed by atoms with Crippen molar-refractivity contribution in [2.75, 3.05) is 0 Å². The highest BCUT2D eigenvalue weighted by Crippen LogP contribution is 2.38. The second-order valence-electron chi connectivity index (χ2n) is 12.5. The predicted octanol–water partition coefficient (Wildman–Crippen LogP) is 12.4. The van der Waals surface area contributed by atoms with Crippen LogP contribution in [0.1, 0.15) is 16.7 Å². The van der Waals surface area contributed by atoms with Gasteiger partial charge in [-0.1, -0.05) is 145 Å². The molecular weight excluding hydrogens is 555 g/mol. The lowest BCUT2D eigenvalue weighted by Gasteiger charge is -2.11. The van der Waals surface area contributed by atoms with Crippen LogP contribution in [0.15, 0.2) is 158 Å². The van der Waals surface area contributed by atoms with Crippen molar-refractivity contribution >= 4 is 21.8 Å². The van der Waals surface area contributed by atoms with E-state index in [0.29, 0.717) is 0 Å². The van der Waals surface area contributed by atoms with Gasteiger partial charge in [0.25, 0.3) is 0 Å². The minimum Gasteiger partial charge on any atom is -0.309 e. The zero-order valence-electron chi connectivity index (χ0n) is 26.5. The fraction of sp³-hybridized carbons (Fsp3) is 0.0667. The molecule has 0 fully saturated rings. The Morgan fingerprint density at radius 3 is 1.30 bits per heavy atom. The average Bonchev–Trinajstić information content (AvgIpc) is 3.42. The maximum absolute atomic E-state index is 2.42. The van der Waals surface area contributed by atoms with Crippen LogP contribution in [0.4, 0.5) is 0 Å². The number of benzene rings is 7. The van der Waals surface area contributed by atoms with E-state index in [0.717, 1.165) is 5.69 Å². The molecule has 220 valence electrons. The van der Waals surface area contributed by atoms with Gasteiger partial charge in [0.15, 0.2) is 0 Å². The summed E-state index contributed by atoms with van der Waals surface area (Å²) >= 11 is 0. The van der Waals surface area contributed by atoms with E-state index >= 15 is 0 Å². The van der Waals surface area contributed by atoms with Crippen molar-refractivity contribution in [2.45, 2.75) is 20.8 Å². The van der Waals surface area contributed by atoms with Crippen LogP contribution in [0.2, 0.25) is 0 Å². The number of hydrogen-bond acceptors (Lipinski definition) is 0. The summed E-state index contributed by atoms with van der Waals surface area (Å²) in [6, 6.07) is 57.9. The molecule has 7 aromatic carbocycles. The van der Waals surface area contributed by atoms with E-state index in [1.54, 1.807) is 0 Å². The van der Waals surface area contributed by atoms with Crippen molar-refractivity contribution in [1.29, 1.82) is 0 Å². The molecule has 0 N–H and O–H groups in total. The van der Waals surface area contributed by atoms with E-state index < -0.39 is 0 Å². The second-order valence-corrected chi connectivity index (χ2v) is 12.5. The quantitative estimate of drug-likeness (QED) is 0.188. The maximum atomic E-state index is 2.42. The van der Waals surface area contributed by atoms with Gasteiger partial charge in [-0.15, -0.1) is 0 Å². The van der Waals surface area contributed by atoms with Gasteiger partial charge in [0, 0.05) is 16.5 Å². The first-order chi connectivity index (χ1) is 22.5. The van der Waals surface area contributed by atoms with Gasteiger partial charge in [-0.2, -0.15) is 0 Å². The molecule has 0 amide bonds. The molecule has 0 aliphatic heterocycles. The first kappa shape index (κ1) is 27.9. The molecule has 8 rings (SSSR count). The third-order valence-electron chi connectivity index (χ3n) is 9.30. The lowest BCUT2D eigenvalue weighted by atomic mass is 9.96. The van der Waals surface area contributed by atoms with E-state index in [9.17, 15) is 0 Å². The topological polar surface area (TPSA) is 4.93 Å². The molecule has 1 nitrogen and oxygen atoms in total. The Morgan fingerprint density at radius 1 is 0.348 bits per heavy atom. The summed E-state index contributed by atoms with van der Waals surface area (Å²) in [5.41, 5.74) is 17.3. The van der Waals surface area contributed by atoms with Crippen LogP contribution in [-0.2, 0) is 0 Å². The van der Waals surface area contributed by atoms with Gasteiger partial charge < -0.3 is 4.57 Å². The Labute approximate surface area is 271 Å². The molecule has 0 spiro atoms. The molecule has 1 aromatic heterocycles. The van der Waals surface area contributed by atoms with Gasteiger partial charge >= 0.3 is 0 Å². The van der Waals surface area contributed by atoms with Crippen molar-refractivity contribution in [3.63, 3.8) is 0 Å². The van der Waals surface area contributed by atoms with Gasteiger partial charge in [-0.25, -0.2) is 0 Å². The molecule has 0 saturated heterocycles. The highest BCUT2D eigenvalue weighted by Gasteiger charge is 2.15. The number of aryl methyl sites for hydroxylation is 3. The molecule has 0 saturated carbocycles. The molecule has 0 bridgehead atoms. The number of rotatable bonds is 5. The van der Waals surface area contributed by atoms with Crippen LogP contribution in [0, 0.1) is 20.8 Å². The third-order valence-corrected chi connectivity index (χ3v) is 9.30. The number of nitrogens with zero attached hydrogens (tertiary/aromatic N) is 1. The minimum absolute atomic E-state index is 1.16. The second kappa shape index (κ2) is 11.4. The summed E-state index contributed by atoms with van der Waals surface area (Å²) < 4.78 is 2.42. The molecule has 0 atom stereocenters. The highest BCUT2D eigenvalue weighted by molar-refractivity contribution is 6.11. The van der Waals surface area contributed by atoms with E-state index in [4.69, 9.17) is 0 Å². The SMILES string of the molecule is Cc1ccc(-c2ccc(-c3ccc4c5ccc(-c6ccc(-c7ccc(C)cc7C)cc6)cc5n(-c5ccccc5)c4c3)cc2)cc1. The van der Waals surface area contributed by atoms with E-state index in [-0.39, 0.29) is 0 Å². The lowest BCUT2D eigenvalue weighted by Crippen LogP contribution is -1.94. The van der Waals surface area contributed by atoms with Crippen molar-refractivity contribution < 1.29 is 0 Å². The van der Waals surface area contributed by atoms with Crippen LogP contribution >= 0.6 is 0 Å². The highest BCUT2D eigenvalue weighted by atomic mass is 15.0. The summed E-state index contributed by atoms with van der Waals surface area (Å²) in [6.45, 7) is 6.47. The number of hydrogen-bond donors (Lipinski definition) is 0. The van der Waals surface area contributed by atoms with E-state index in [2.05, 4.69) is 183 Å². The van der Waals surface area contributed by atoms with Crippen LogP contribution in [0.3, 0.4) is 0 Å². The summed E-state index contributed by atoms with van der Waals surface area (Å²) in [7, 11) is 0. The Balaban J connectivity index is 1.22. The first-order valence-electron chi connectivity index (χ1n) is 16.0. The predicted molar refractivity (Wildman–Crippen MR) is 197 cm³/mol. The molecule has 8 aromatic rings. The lowest BCUT2D eigenvalue weighted by molar-refractivity contribution is 1.18. The Kier molecular flexibility index (Phi) is 6.88. The van der Waals surface area contributed by atoms with Crippen LogP contribution in [-0.4, -0.2) is 4.57 Å². The molecule has 46 heavy (non-hydrogen) atoms. The van der Waals surface area contributed by atoms with Crippen molar-refractivity contribution in [3.05, 3.63) is 174 Å². The molecule has 0 unspecified atom stereocenters. The molecule has 0 aliphatic rings. The van der Waals surface area contributed by atoms with Gasteiger partial charge in [0.05, 0.1) is 11.0 Å². The molecule has 1 heterocycles. The summed E-state index contributed by atoms with van der Waals surface area (Å²) in [5.74, 6) is 0. The smallest absolute Gasteiger partial charge is 0.0547 e. The molecule has 0 radical (unpaired) electrons. The zero-order valence-corrected chi connectivity index (χ0v) is 26.5. The van der Waals surface area contributed by atoms with E-state index in [1.165, 1.54) is 83.0 Å². The van der Waals surface area contributed by atoms with Crippen molar-refractivity contribution in [1.82, 2.24) is 4.57 Å². The largest absolute Gasteiger partial charge is 0.309 e. The van der Waals surface area contributed by atoms with Gasteiger partial charge in [-0.05, 0) is 95.1 Å². The standard InChI is InChI=1S/C45H35N/c1-30-9-12-33(13-10-30)34-14-16-35(17-15-34)38-22-25-42-43-26-23-39(29-45(43)46(44(42)28-38)40-7-5-4-6-8-40)36-18-20-37(21-19-36)41-24-11-31(2)27-32(41)3/h4-29H,1-3H3. The number of aromatic nitrogens is 1. The molecule has 1 heteroatoms. The average molecular weight is 590 g/mol. The Bertz CT molecular complexity index is 2340. The van der Waals surface area contributed by atoms with Crippen LogP contribution in [0.25, 0.3) is 72.0 Å². The fourth-order valence-corrected chi connectivity index (χ4v) is 6.81. The first-order valence-corrected chi connectivity index (χ1v) is 16.0. The van der Waals surface area contributed by atoms with Gasteiger partial charge in [0.2, 0.25) is 0 Å². The number of para-hydroxylation sites is 1. The summed E-state index contributed by atoms with van der Waals surface area (Å²) in [4.78, 5) is 0. The van der Waals surface area contributed by atoms with Crippen LogP contribution in [0.5, 0.6) is 0 Å². The van der Waals surface area contributed by atoms with Crippen molar-refractivity contribution in [2.24, 2.45) is 0 Å². The summed E-state index contributed by atoms with van der Waals surface area (Å²) in [5, 5.41) is 2.52. The minimum atomic E-state index is 1.16. The Morgan fingerprint density at radius 2 is 0.783 bits per heavy atom. The normalized spacial score (nSPS) is 11.4. The fourth-order valence-electron chi connectivity index (χ4n) is 6.81. The zero-order chi connectivity index (χ0) is 31.2.